The van der Waals surface area contributed by atoms with Gasteiger partial charge in [-0.15, -0.1) is 0 Å². The van der Waals surface area contributed by atoms with E-state index in [9.17, 15) is 9.59 Å². The zero-order valence-corrected chi connectivity index (χ0v) is 28.4. The fourth-order valence-corrected chi connectivity index (χ4v) is 7.64. The summed E-state index contributed by atoms with van der Waals surface area (Å²) in [5.74, 6) is 1.95. The number of likely N-dealkylation sites (tertiary alicyclic amines) is 1. The van der Waals surface area contributed by atoms with E-state index in [4.69, 9.17) is 4.99 Å². The molecule has 0 amide bonds. The van der Waals surface area contributed by atoms with Gasteiger partial charge in [-0.1, -0.05) is 70.2 Å². The van der Waals surface area contributed by atoms with Gasteiger partial charge in [0.1, 0.15) is 0 Å². The molecule has 4 nitrogen and oxygen atoms in total. The van der Waals surface area contributed by atoms with E-state index in [0.717, 1.165) is 66.2 Å². The van der Waals surface area contributed by atoms with E-state index < -0.39 is 0 Å². The van der Waals surface area contributed by atoms with Crippen molar-refractivity contribution in [3.8, 4) is 0 Å². The summed E-state index contributed by atoms with van der Waals surface area (Å²) in [6.45, 7) is 10.8. The Morgan fingerprint density at radius 2 is 1.64 bits per heavy atom. The number of benzene rings is 2. The monoisotopic (exact) mass is 596 g/mol. The summed E-state index contributed by atoms with van der Waals surface area (Å²) in [4.78, 5) is 33.8. The predicted octanol–water partition coefficient (Wildman–Crippen LogP) is 9.18. The van der Waals surface area contributed by atoms with Crippen LogP contribution >= 0.6 is 0 Å². The SMILES string of the molecule is CCc1cc(C(=O)CC2CCCN(C)CC2)ccc1C/C=C\C(=O)c1cc(C(=NC)C(C)CC2CCCCC2)c(C)cc1C. The quantitative estimate of drug-likeness (QED) is 0.139. The van der Waals surface area contributed by atoms with Crippen molar-refractivity contribution in [2.75, 3.05) is 27.2 Å². The molecule has 2 aromatic rings. The Balaban J connectivity index is 1.42. The van der Waals surface area contributed by atoms with E-state index in [2.05, 4.69) is 57.0 Å². The zero-order valence-electron chi connectivity index (χ0n) is 28.4. The highest BCUT2D eigenvalue weighted by atomic mass is 16.1. The number of Topliss-reactive ketones (excluding diaryl/α,β-unsaturated/α-hetero) is 1. The lowest BCUT2D eigenvalue weighted by molar-refractivity contribution is 0.0956. The van der Waals surface area contributed by atoms with Gasteiger partial charge in [0.15, 0.2) is 11.6 Å². The molecule has 1 heterocycles. The standard InChI is InChI=1S/C40H56N2O2/c1-7-33-26-35(39(44)25-32-15-12-21-42(6)22-20-32)19-18-34(33)16-11-17-38(43)36-27-37(29(3)23-28(36)2)40(41-5)30(4)24-31-13-9-8-10-14-31/h11,17-19,23,26-27,30-32H,7-10,12-16,20-22,24-25H2,1-6H3/b17-11-,41-40?. The van der Waals surface area contributed by atoms with Gasteiger partial charge in [-0.3, -0.25) is 14.6 Å². The molecule has 2 unspecified atom stereocenters. The number of carbonyl (C=O) groups is 2. The molecule has 2 fully saturated rings. The van der Waals surface area contributed by atoms with E-state index in [-0.39, 0.29) is 11.6 Å². The molecule has 4 heteroatoms. The van der Waals surface area contributed by atoms with Gasteiger partial charge < -0.3 is 4.90 Å². The van der Waals surface area contributed by atoms with Gasteiger partial charge in [0, 0.05) is 30.3 Å². The average Bonchev–Trinajstić information content (AvgIpc) is 3.22. The fourth-order valence-electron chi connectivity index (χ4n) is 7.64. The lowest BCUT2D eigenvalue weighted by Crippen LogP contribution is -2.20. The minimum Gasteiger partial charge on any atom is -0.306 e. The summed E-state index contributed by atoms with van der Waals surface area (Å²) in [6.07, 6.45) is 17.2. The number of nitrogens with zero attached hydrogens (tertiary/aromatic N) is 2. The molecular weight excluding hydrogens is 540 g/mol. The summed E-state index contributed by atoms with van der Waals surface area (Å²) in [5, 5.41) is 0. The molecule has 2 aromatic carbocycles. The number of aryl methyl sites for hydroxylation is 3. The molecule has 0 radical (unpaired) electrons. The number of aliphatic imine (C=N–C) groups is 1. The second kappa shape index (κ2) is 16.5. The first-order valence-electron chi connectivity index (χ1n) is 17.3. The third-order valence-electron chi connectivity index (χ3n) is 10.3. The van der Waals surface area contributed by atoms with E-state index >= 15 is 0 Å². The molecule has 238 valence electrons. The maximum absolute atomic E-state index is 13.5. The third kappa shape index (κ3) is 9.10. The van der Waals surface area contributed by atoms with Crippen LogP contribution in [0.25, 0.3) is 0 Å². The Morgan fingerprint density at radius 3 is 2.36 bits per heavy atom. The highest BCUT2D eigenvalue weighted by Crippen LogP contribution is 2.31. The largest absolute Gasteiger partial charge is 0.306 e. The molecule has 44 heavy (non-hydrogen) atoms. The summed E-state index contributed by atoms with van der Waals surface area (Å²) in [6, 6.07) is 10.4. The molecule has 0 N–H and O–H groups in total. The number of ketones is 2. The molecular formula is C40H56N2O2. The van der Waals surface area contributed by atoms with Crippen LogP contribution in [0.5, 0.6) is 0 Å². The van der Waals surface area contributed by atoms with Crippen molar-refractivity contribution in [2.24, 2.45) is 22.7 Å². The summed E-state index contributed by atoms with van der Waals surface area (Å²) >= 11 is 0. The number of hydrogen-bond acceptors (Lipinski definition) is 4. The van der Waals surface area contributed by atoms with E-state index in [1.165, 1.54) is 61.6 Å². The maximum Gasteiger partial charge on any atom is 0.185 e. The second-order valence-corrected chi connectivity index (χ2v) is 13.8. The van der Waals surface area contributed by atoms with Crippen LogP contribution in [-0.2, 0) is 12.8 Å². The summed E-state index contributed by atoms with van der Waals surface area (Å²) < 4.78 is 0. The van der Waals surface area contributed by atoms with Gasteiger partial charge >= 0.3 is 0 Å². The molecule has 1 aliphatic heterocycles. The van der Waals surface area contributed by atoms with Crippen molar-refractivity contribution in [1.82, 2.24) is 4.90 Å². The Morgan fingerprint density at radius 1 is 0.909 bits per heavy atom. The number of rotatable bonds is 12. The van der Waals surface area contributed by atoms with Crippen LogP contribution in [0, 0.1) is 31.6 Å². The Labute approximate surface area is 267 Å². The van der Waals surface area contributed by atoms with Crippen molar-refractivity contribution in [3.05, 3.63) is 81.4 Å². The first kappa shape index (κ1) is 34.0. The highest BCUT2D eigenvalue weighted by molar-refractivity contribution is 6.09. The molecule has 2 aliphatic rings. The molecule has 0 spiro atoms. The highest BCUT2D eigenvalue weighted by Gasteiger charge is 2.23. The Kier molecular flexibility index (Phi) is 12.7. The van der Waals surface area contributed by atoms with Crippen molar-refractivity contribution in [2.45, 2.75) is 105 Å². The van der Waals surface area contributed by atoms with Crippen molar-refractivity contribution >= 4 is 17.3 Å². The first-order chi connectivity index (χ1) is 21.2. The molecule has 1 saturated heterocycles. The van der Waals surface area contributed by atoms with Crippen molar-refractivity contribution in [3.63, 3.8) is 0 Å². The average molecular weight is 597 g/mol. The zero-order chi connectivity index (χ0) is 31.6. The van der Waals surface area contributed by atoms with Crippen LogP contribution in [0.3, 0.4) is 0 Å². The summed E-state index contributed by atoms with van der Waals surface area (Å²) in [7, 11) is 4.07. The molecule has 4 rings (SSSR count). The second-order valence-electron chi connectivity index (χ2n) is 13.8. The Bertz CT molecular complexity index is 1350. The van der Waals surface area contributed by atoms with Crippen LogP contribution in [0.2, 0.25) is 0 Å². The smallest absolute Gasteiger partial charge is 0.185 e. The molecule has 1 aliphatic carbocycles. The number of allylic oxidation sites excluding steroid dienone is 2. The first-order valence-corrected chi connectivity index (χ1v) is 17.3. The van der Waals surface area contributed by atoms with Gasteiger partial charge in [-0.2, -0.15) is 0 Å². The van der Waals surface area contributed by atoms with Gasteiger partial charge in [0.05, 0.1) is 0 Å². The van der Waals surface area contributed by atoms with Crippen molar-refractivity contribution < 1.29 is 9.59 Å². The van der Waals surface area contributed by atoms with Crippen LogP contribution in [0.1, 0.15) is 127 Å². The normalized spacial score (nSPS) is 19.7. The van der Waals surface area contributed by atoms with E-state index in [0.29, 0.717) is 24.7 Å². The van der Waals surface area contributed by atoms with Crippen LogP contribution < -0.4 is 0 Å². The lowest BCUT2D eigenvalue weighted by Gasteiger charge is -2.26. The minimum atomic E-state index is 0.0398. The molecule has 0 aromatic heterocycles. The molecule has 0 bridgehead atoms. The van der Waals surface area contributed by atoms with E-state index in [1.807, 2.05) is 26.1 Å². The third-order valence-corrected chi connectivity index (χ3v) is 10.3. The van der Waals surface area contributed by atoms with Crippen LogP contribution in [-0.4, -0.2) is 49.4 Å². The predicted molar refractivity (Wildman–Crippen MR) is 186 cm³/mol. The Hall–Kier alpha value is -2.85. The topological polar surface area (TPSA) is 49.7 Å². The minimum absolute atomic E-state index is 0.0398. The maximum atomic E-state index is 13.5. The van der Waals surface area contributed by atoms with Crippen LogP contribution in [0.15, 0.2) is 47.5 Å². The van der Waals surface area contributed by atoms with Gasteiger partial charge in [-0.05, 0) is 136 Å². The molecule has 2 atom stereocenters. The van der Waals surface area contributed by atoms with Crippen molar-refractivity contribution in [1.29, 1.82) is 0 Å². The number of carbonyl (C=O) groups excluding carboxylic acids is 2. The lowest BCUT2D eigenvalue weighted by atomic mass is 9.80. The fraction of sp³-hybridized carbons (Fsp3) is 0.575. The number of hydrogen-bond donors (Lipinski definition) is 0. The summed E-state index contributed by atoms with van der Waals surface area (Å²) in [5.41, 5.74) is 8.40. The van der Waals surface area contributed by atoms with Gasteiger partial charge in [0.2, 0.25) is 0 Å². The van der Waals surface area contributed by atoms with Gasteiger partial charge in [-0.25, -0.2) is 0 Å². The molecule has 1 saturated carbocycles. The van der Waals surface area contributed by atoms with Gasteiger partial charge in [0.25, 0.3) is 0 Å². The van der Waals surface area contributed by atoms with Crippen LogP contribution in [0.4, 0.5) is 0 Å². The van der Waals surface area contributed by atoms with E-state index in [1.54, 1.807) is 6.08 Å².